The van der Waals surface area contributed by atoms with Gasteiger partial charge in [0.1, 0.15) is 5.75 Å². The maximum absolute atomic E-state index is 12.9. The summed E-state index contributed by atoms with van der Waals surface area (Å²) in [5, 5.41) is 8.74. The number of likely N-dealkylation sites (N-methyl/N-ethyl adjacent to an activating group) is 1. The molecule has 1 amide bonds. The van der Waals surface area contributed by atoms with E-state index in [9.17, 15) is 4.79 Å². The Bertz CT molecular complexity index is 761. The van der Waals surface area contributed by atoms with Gasteiger partial charge in [0.25, 0.3) is 5.91 Å². The van der Waals surface area contributed by atoms with E-state index in [2.05, 4.69) is 6.07 Å². The Kier molecular flexibility index (Phi) is 6.16. The second-order valence-electron chi connectivity index (χ2n) is 5.30. The number of carbonyl (C=O) groups is 1. The molecule has 24 heavy (non-hydrogen) atoms. The van der Waals surface area contributed by atoms with E-state index < -0.39 is 0 Å². The van der Waals surface area contributed by atoms with E-state index in [1.807, 2.05) is 60.7 Å². The minimum absolute atomic E-state index is 0.123. The lowest BCUT2D eigenvalue weighted by atomic mass is 10.0. The zero-order chi connectivity index (χ0) is 17.4. The molecule has 0 unspecified atom stereocenters. The van der Waals surface area contributed by atoms with Crippen molar-refractivity contribution in [2.75, 3.05) is 20.7 Å². The summed E-state index contributed by atoms with van der Waals surface area (Å²) in [6, 6.07) is 19.1. The topological polar surface area (TPSA) is 53.3 Å². The van der Waals surface area contributed by atoms with Crippen LogP contribution in [0.1, 0.15) is 17.5 Å². The average Bonchev–Trinajstić information content (AvgIpc) is 2.64. The molecule has 2 aromatic rings. The van der Waals surface area contributed by atoms with Crippen LogP contribution < -0.4 is 4.74 Å². The lowest BCUT2D eigenvalue weighted by Crippen LogP contribution is -2.28. The van der Waals surface area contributed by atoms with Gasteiger partial charge in [-0.2, -0.15) is 5.26 Å². The molecule has 0 aliphatic heterocycles. The van der Waals surface area contributed by atoms with Crippen molar-refractivity contribution < 1.29 is 9.53 Å². The standard InChI is InChI=1S/C20H20N2O2/c1-22(14-8-13-21)20(23)18(16-9-4-3-5-10-16)15-17-11-6-7-12-19(17)24-2/h3-7,9-12,15H,8,14H2,1-2H3/b18-15+. The van der Waals surface area contributed by atoms with Gasteiger partial charge in [-0.1, -0.05) is 48.5 Å². The molecule has 0 N–H and O–H groups in total. The fourth-order valence-corrected chi connectivity index (χ4v) is 2.35. The lowest BCUT2D eigenvalue weighted by molar-refractivity contribution is -0.123. The Labute approximate surface area is 142 Å². The number of hydrogen-bond acceptors (Lipinski definition) is 3. The highest BCUT2D eigenvalue weighted by Gasteiger charge is 2.17. The molecule has 0 aliphatic rings. The van der Waals surface area contributed by atoms with Crippen molar-refractivity contribution >= 4 is 17.6 Å². The molecule has 2 rings (SSSR count). The summed E-state index contributed by atoms with van der Waals surface area (Å²) in [7, 11) is 3.31. The van der Waals surface area contributed by atoms with Gasteiger partial charge in [-0.25, -0.2) is 0 Å². The molecule has 0 bridgehead atoms. The van der Waals surface area contributed by atoms with Gasteiger partial charge in [-0.15, -0.1) is 0 Å². The van der Waals surface area contributed by atoms with E-state index in [-0.39, 0.29) is 5.91 Å². The zero-order valence-corrected chi connectivity index (χ0v) is 13.9. The first kappa shape index (κ1) is 17.3. The Morgan fingerprint density at radius 1 is 1.17 bits per heavy atom. The van der Waals surface area contributed by atoms with Crippen molar-refractivity contribution in [1.82, 2.24) is 4.90 Å². The number of nitrogens with zero attached hydrogens (tertiary/aromatic N) is 2. The SMILES string of the molecule is COc1ccccc1/C=C(/C(=O)N(C)CCC#N)c1ccccc1. The predicted molar refractivity (Wildman–Crippen MR) is 95.2 cm³/mol. The monoisotopic (exact) mass is 320 g/mol. The van der Waals surface area contributed by atoms with Crippen LogP contribution in [0.25, 0.3) is 11.6 Å². The number of hydrogen-bond donors (Lipinski definition) is 0. The third kappa shape index (κ3) is 4.23. The van der Waals surface area contributed by atoms with Gasteiger partial charge < -0.3 is 9.64 Å². The van der Waals surface area contributed by atoms with Crippen molar-refractivity contribution in [2.45, 2.75) is 6.42 Å². The Balaban J connectivity index is 2.46. The predicted octanol–water partition coefficient (Wildman–Crippen LogP) is 3.61. The average molecular weight is 320 g/mol. The smallest absolute Gasteiger partial charge is 0.254 e. The van der Waals surface area contributed by atoms with Gasteiger partial charge >= 0.3 is 0 Å². The Morgan fingerprint density at radius 2 is 1.83 bits per heavy atom. The van der Waals surface area contributed by atoms with Crippen LogP contribution in [-0.4, -0.2) is 31.5 Å². The molecule has 0 saturated carbocycles. The summed E-state index contributed by atoms with van der Waals surface area (Å²) in [6.45, 7) is 0.394. The summed E-state index contributed by atoms with van der Waals surface area (Å²) >= 11 is 0. The second-order valence-corrected chi connectivity index (χ2v) is 5.30. The normalized spacial score (nSPS) is 10.8. The highest BCUT2D eigenvalue weighted by molar-refractivity contribution is 6.24. The third-order valence-electron chi connectivity index (χ3n) is 3.66. The number of rotatable bonds is 6. The molecule has 4 nitrogen and oxygen atoms in total. The van der Waals surface area contributed by atoms with Crippen molar-refractivity contribution in [1.29, 1.82) is 5.26 Å². The summed E-state index contributed by atoms with van der Waals surface area (Å²) < 4.78 is 5.37. The third-order valence-corrected chi connectivity index (χ3v) is 3.66. The van der Waals surface area contributed by atoms with Crippen molar-refractivity contribution in [2.24, 2.45) is 0 Å². The van der Waals surface area contributed by atoms with Gasteiger partial charge in [0.15, 0.2) is 0 Å². The van der Waals surface area contributed by atoms with Gasteiger partial charge in [-0.3, -0.25) is 4.79 Å². The molecule has 4 heteroatoms. The minimum atomic E-state index is -0.123. The van der Waals surface area contributed by atoms with E-state index in [0.717, 1.165) is 11.1 Å². The summed E-state index contributed by atoms with van der Waals surface area (Å²) in [4.78, 5) is 14.4. The summed E-state index contributed by atoms with van der Waals surface area (Å²) in [5.74, 6) is 0.584. The fraction of sp³-hybridized carbons (Fsp3) is 0.200. The second kappa shape index (κ2) is 8.54. The van der Waals surface area contributed by atoms with Crippen LogP contribution in [0.5, 0.6) is 5.75 Å². The first-order valence-corrected chi connectivity index (χ1v) is 7.70. The molecule has 0 aromatic heterocycles. The Hall–Kier alpha value is -3.06. The molecule has 0 radical (unpaired) electrons. The van der Waals surface area contributed by atoms with E-state index in [1.165, 1.54) is 0 Å². The summed E-state index contributed by atoms with van der Waals surface area (Å²) in [6.07, 6.45) is 2.14. The van der Waals surface area contributed by atoms with Crippen LogP contribution in [0.4, 0.5) is 0 Å². The van der Waals surface area contributed by atoms with E-state index in [4.69, 9.17) is 10.00 Å². The molecule has 0 spiro atoms. The molecular formula is C20H20N2O2. The van der Waals surface area contributed by atoms with Crippen LogP contribution in [0.15, 0.2) is 54.6 Å². The van der Waals surface area contributed by atoms with E-state index in [0.29, 0.717) is 24.3 Å². The highest BCUT2D eigenvalue weighted by atomic mass is 16.5. The Morgan fingerprint density at radius 3 is 2.50 bits per heavy atom. The molecule has 0 atom stereocenters. The van der Waals surface area contributed by atoms with Crippen molar-refractivity contribution in [3.63, 3.8) is 0 Å². The number of methoxy groups -OCH3 is 1. The maximum Gasteiger partial charge on any atom is 0.254 e. The fourth-order valence-electron chi connectivity index (χ4n) is 2.35. The maximum atomic E-state index is 12.9. The number of para-hydroxylation sites is 1. The highest BCUT2D eigenvalue weighted by Crippen LogP contribution is 2.25. The largest absolute Gasteiger partial charge is 0.496 e. The molecule has 0 heterocycles. The van der Waals surface area contributed by atoms with Crippen LogP contribution >= 0.6 is 0 Å². The molecule has 0 saturated heterocycles. The zero-order valence-electron chi connectivity index (χ0n) is 13.9. The van der Waals surface area contributed by atoms with Crippen LogP contribution in [0.3, 0.4) is 0 Å². The minimum Gasteiger partial charge on any atom is -0.496 e. The molecule has 2 aromatic carbocycles. The first-order valence-electron chi connectivity index (χ1n) is 7.70. The molecule has 0 aliphatic carbocycles. The van der Waals surface area contributed by atoms with Crippen LogP contribution in [-0.2, 0) is 4.79 Å². The lowest BCUT2D eigenvalue weighted by Gasteiger charge is -2.18. The quantitative estimate of drug-likeness (QED) is 0.603. The van der Waals surface area contributed by atoms with Gasteiger partial charge in [0.05, 0.1) is 19.6 Å². The molecule has 0 fully saturated rings. The van der Waals surface area contributed by atoms with E-state index in [1.54, 1.807) is 19.1 Å². The number of ether oxygens (including phenoxy) is 1. The number of amides is 1. The van der Waals surface area contributed by atoms with E-state index >= 15 is 0 Å². The van der Waals surface area contributed by atoms with Crippen molar-refractivity contribution in [3.8, 4) is 11.8 Å². The molecular weight excluding hydrogens is 300 g/mol. The van der Waals surface area contributed by atoms with Gasteiger partial charge in [-0.05, 0) is 17.7 Å². The van der Waals surface area contributed by atoms with Crippen molar-refractivity contribution in [3.05, 3.63) is 65.7 Å². The number of benzene rings is 2. The van der Waals surface area contributed by atoms with Gasteiger partial charge in [0, 0.05) is 24.7 Å². The van der Waals surface area contributed by atoms with Crippen LogP contribution in [0, 0.1) is 11.3 Å². The molecule has 122 valence electrons. The van der Waals surface area contributed by atoms with Gasteiger partial charge in [0.2, 0.25) is 0 Å². The number of carbonyl (C=O) groups excluding carboxylic acids is 1. The first-order chi connectivity index (χ1) is 11.7. The summed E-state index contributed by atoms with van der Waals surface area (Å²) in [5.41, 5.74) is 2.23. The number of nitriles is 1. The van der Waals surface area contributed by atoms with Crippen LogP contribution in [0.2, 0.25) is 0 Å².